The van der Waals surface area contributed by atoms with Crippen LogP contribution in [0.5, 0.6) is 0 Å². The number of nitrogen functional groups attached to an aromatic ring is 1. The Morgan fingerprint density at radius 1 is 1.50 bits per heavy atom. The summed E-state index contributed by atoms with van der Waals surface area (Å²) in [7, 11) is 0. The third kappa shape index (κ3) is 3.83. The number of nitrogens with one attached hydrogen (secondary N) is 1. The molecule has 1 heterocycles. The van der Waals surface area contributed by atoms with Gasteiger partial charge in [-0.15, -0.1) is 0 Å². The van der Waals surface area contributed by atoms with Crippen molar-refractivity contribution in [3.8, 4) is 0 Å². The van der Waals surface area contributed by atoms with Crippen LogP contribution >= 0.6 is 11.8 Å². The summed E-state index contributed by atoms with van der Waals surface area (Å²) in [5.41, 5.74) is 5.42. The molecule has 1 rings (SSSR count). The van der Waals surface area contributed by atoms with Crippen LogP contribution in [0.2, 0.25) is 0 Å². The van der Waals surface area contributed by atoms with Crippen molar-refractivity contribution in [2.45, 2.75) is 18.6 Å². The molecule has 0 radical (unpaired) electrons. The van der Waals surface area contributed by atoms with E-state index in [1.807, 2.05) is 11.8 Å². The van der Waals surface area contributed by atoms with Gasteiger partial charge in [0.1, 0.15) is 11.6 Å². The SMILES string of the molecule is CSC(C)CCNc1cnc(N)cn1. The average Bonchev–Trinajstić information content (AvgIpc) is 2.21. The molecule has 0 saturated heterocycles. The first-order valence-corrected chi connectivity index (χ1v) is 5.85. The summed E-state index contributed by atoms with van der Waals surface area (Å²) in [5, 5.41) is 3.87. The fourth-order valence-corrected chi connectivity index (χ4v) is 1.30. The van der Waals surface area contributed by atoms with Gasteiger partial charge in [-0.05, 0) is 12.7 Å². The molecule has 0 fully saturated rings. The lowest BCUT2D eigenvalue weighted by atomic mass is 10.3. The number of rotatable bonds is 5. The molecule has 0 amide bonds. The predicted molar refractivity (Wildman–Crippen MR) is 62.5 cm³/mol. The van der Waals surface area contributed by atoms with Gasteiger partial charge in [0.25, 0.3) is 0 Å². The van der Waals surface area contributed by atoms with Crippen molar-refractivity contribution in [3.63, 3.8) is 0 Å². The Balaban J connectivity index is 2.28. The molecule has 0 bridgehead atoms. The van der Waals surface area contributed by atoms with Crippen LogP contribution in [-0.4, -0.2) is 28.0 Å². The highest BCUT2D eigenvalue weighted by molar-refractivity contribution is 7.99. The predicted octanol–water partition coefficient (Wildman–Crippen LogP) is 1.61. The Labute approximate surface area is 88.7 Å². The highest BCUT2D eigenvalue weighted by Gasteiger charge is 1.99. The van der Waals surface area contributed by atoms with Gasteiger partial charge in [-0.3, -0.25) is 0 Å². The maximum atomic E-state index is 5.42. The number of anilines is 2. The van der Waals surface area contributed by atoms with E-state index in [0.717, 1.165) is 18.8 Å². The van der Waals surface area contributed by atoms with Crippen LogP contribution in [0.3, 0.4) is 0 Å². The Morgan fingerprint density at radius 3 is 2.86 bits per heavy atom. The minimum absolute atomic E-state index is 0.452. The molecule has 1 atom stereocenters. The highest BCUT2D eigenvalue weighted by Crippen LogP contribution is 2.09. The third-order valence-electron chi connectivity index (χ3n) is 1.93. The Bertz CT molecular complexity index is 262. The van der Waals surface area contributed by atoms with Gasteiger partial charge in [0.05, 0.1) is 12.4 Å². The number of aromatic nitrogens is 2. The van der Waals surface area contributed by atoms with E-state index in [1.54, 1.807) is 12.4 Å². The number of nitrogens with two attached hydrogens (primary N) is 1. The van der Waals surface area contributed by atoms with Crippen LogP contribution in [0, 0.1) is 0 Å². The summed E-state index contributed by atoms with van der Waals surface area (Å²) in [6, 6.07) is 0. The fraction of sp³-hybridized carbons (Fsp3) is 0.556. The van der Waals surface area contributed by atoms with E-state index in [-0.39, 0.29) is 0 Å². The normalized spacial score (nSPS) is 12.4. The molecule has 78 valence electrons. The van der Waals surface area contributed by atoms with Gasteiger partial charge in [0.2, 0.25) is 0 Å². The van der Waals surface area contributed by atoms with Crippen LogP contribution in [0.15, 0.2) is 12.4 Å². The van der Waals surface area contributed by atoms with Crippen LogP contribution in [0.1, 0.15) is 13.3 Å². The van der Waals surface area contributed by atoms with E-state index in [9.17, 15) is 0 Å². The van der Waals surface area contributed by atoms with Crippen LogP contribution in [0.4, 0.5) is 11.6 Å². The largest absolute Gasteiger partial charge is 0.382 e. The summed E-state index contributed by atoms with van der Waals surface area (Å²) in [6.45, 7) is 3.13. The van der Waals surface area contributed by atoms with Gasteiger partial charge < -0.3 is 11.1 Å². The topological polar surface area (TPSA) is 63.8 Å². The van der Waals surface area contributed by atoms with Crippen molar-refractivity contribution in [1.29, 1.82) is 0 Å². The second-order valence-electron chi connectivity index (χ2n) is 3.09. The zero-order valence-electron chi connectivity index (χ0n) is 8.53. The molecule has 0 aliphatic rings. The maximum Gasteiger partial charge on any atom is 0.144 e. The van der Waals surface area contributed by atoms with E-state index in [4.69, 9.17) is 5.73 Å². The molecule has 1 aromatic rings. The van der Waals surface area contributed by atoms with Crippen molar-refractivity contribution >= 4 is 23.4 Å². The average molecular weight is 212 g/mol. The van der Waals surface area contributed by atoms with Crippen molar-refractivity contribution < 1.29 is 0 Å². The highest BCUT2D eigenvalue weighted by atomic mass is 32.2. The monoisotopic (exact) mass is 212 g/mol. The van der Waals surface area contributed by atoms with Gasteiger partial charge in [-0.2, -0.15) is 11.8 Å². The smallest absolute Gasteiger partial charge is 0.144 e. The van der Waals surface area contributed by atoms with E-state index in [0.29, 0.717) is 11.1 Å². The minimum Gasteiger partial charge on any atom is -0.382 e. The van der Waals surface area contributed by atoms with E-state index in [2.05, 4.69) is 28.5 Å². The van der Waals surface area contributed by atoms with Crippen molar-refractivity contribution in [2.75, 3.05) is 23.9 Å². The van der Waals surface area contributed by atoms with Gasteiger partial charge in [0, 0.05) is 11.8 Å². The Morgan fingerprint density at radius 2 is 2.29 bits per heavy atom. The maximum absolute atomic E-state index is 5.42. The quantitative estimate of drug-likeness (QED) is 0.776. The van der Waals surface area contributed by atoms with E-state index < -0.39 is 0 Å². The van der Waals surface area contributed by atoms with Gasteiger partial charge in [0.15, 0.2) is 0 Å². The number of nitrogens with zero attached hydrogens (tertiary/aromatic N) is 2. The molecule has 4 nitrogen and oxygen atoms in total. The number of hydrogen-bond acceptors (Lipinski definition) is 5. The first-order valence-electron chi connectivity index (χ1n) is 4.56. The number of thioether (sulfide) groups is 1. The van der Waals surface area contributed by atoms with Gasteiger partial charge >= 0.3 is 0 Å². The minimum atomic E-state index is 0.452. The summed E-state index contributed by atoms with van der Waals surface area (Å²) < 4.78 is 0. The van der Waals surface area contributed by atoms with Gasteiger partial charge in [-0.1, -0.05) is 6.92 Å². The molecule has 14 heavy (non-hydrogen) atoms. The summed E-state index contributed by atoms with van der Waals surface area (Å²) in [6.07, 6.45) is 6.44. The zero-order valence-corrected chi connectivity index (χ0v) is 9.34. The van der Waals surface area contributed by atoms with Gasteiger partial charge in [-0.25, -0.2) is 9.97 Å². The fourth-order valence-electron chi connectivity index (χ4n) is 0.951. The second-order valence-corrected chi connectivity index (χ2v) is 4.36. The summed E-state index contributed by atoms with van der Waals surface area (Å²) >= 11 is 1.87. The molecule has 0 saturated carbocycles. The molecule has 0 aromatic carbocycles. The first-order chi connectivity index (χ1) is 6.72. The molecular weight excluding hydrogens is 196 g/mol. The van der Waals surface area contributed by atoms with Crippen molar-refractivity contribution in [3.05, 3.63) is 12.4 Å². The van der Waals surface area contributed by atoms with Crippen LogP contribution < -0.4 is 11.1 Å². The second kappa shape index (κ2) is 5.70. The van der Waals surface area contributed by atoms with E-state index in [1.165, 1.54) is 0 Å². The zero-order chi connectivity index (χ0) is 10.4. The first kappa shape index (κ1) is 11.1. The third-order valence-corrected chi connectivity index (χ3v) is 2.97. The van der Waals surface area contributed by atoms with Crippen LogP contribution in [-0.2, 0) is 0 Å². The molecule has 1 aromatic heterocycles. The molecule has 3 N–H and O–H groups in total. The molecule has 5 heteroatoms. The lowest BCUT2D eigenvalue weighted by Gasteiger charge is -2.08. The lowest BCUT2D eigenvalue weighted by Crippen LogP contribution is -2.09. The van der Waals surface area contributed by atoms with Crippen LogP contribution in [0.25, 0.3) is 0 Å². The lowest BCUT2D eigenvalue weighted by molar-refractivity contribution is 0.849. The standard InChI is InChI=1S/C9H16N4S/c1-7(14-2)3-4-11-9-6-12-8(10)5-13-9/h5-7H,3-4H2,1-2H3,(H2,10,12)(H,11,13). The van der Waals surface area contributed by atoms with Crippen molar-refractivity contribution in [2.24, 2.45) is 0 Å². The molecular formula is C9H16N4S. The van der Waals surface area contributed by atoms with Crippen molar-refractivity contribution in [1.82, 2.24) is 9.97 Å². The summed E-state index contributed by atoms with van der Waals surface area (Å²) in [4.78, 5) is 8.04. The molecule has 0 aliphatic carbocycles. The molecule has 1 unspecified atom stereocenters. The molecule has 0 aliphatic heterocycles. The van der Waals surface area contributed by atoms with E-state index >= 15 is 0 Å². The number of hydrogen-bond donors (Lipinski definition) is 2. The summed E-state index contributed by atoms with van der Waals surface area (Å²) in [5.74, 6) is 1.24. The molecule has 0 spiro atoms. The Hall–Kier alpha value is -0.970. The Kier molecular flexibility index (Phi) is 4.52.